The molecule has 0 aromatic heterocycles. The number of anilines is 1. The number of carbonyl (C=O) groups is 3. The van der Waals surface area contributed by atoms with Crippen molar-refractivity contribution in [1.29, 1.82) is 0 Å². The molecule has 1 aliphatic carbocycles. The molecule has 3 amide bonds. The maximum absolute atomic E-state index is 12.9. The number of amides is 3. The lowest BCUT2D eigenvalue weighted by molar-refractivity contribution is -0.128. The van der Waals surface area contributed by atoms with E-state index in [0.29, 0.717) is 30.6 Å². The number of fused-ring (bicyclic) bond motifs is 1. The van der Waals surface area contributed by atoms with Crippen molar-refractivity contribution >= 4 is 23.4 Å². The quantitative estimate of drug-likeness (QED) is 0.775. The van der Waals surface area contributed by atoms with Crippen molar-refractivity contribution in [2.75, 3.05) is 18.6 Å². The Morgan fingerprint density at radius 1 is 1.27 bits per heavy atom. The number of hydrogen-bond acceptors (Lipinski definition) is 4. The molecule has 0 spiro atoms. The predicted molar refractivity (Wildman–Crippen MR) is 113 cm³/mol. The van der Waals surface area contributed by atoms with E-state index < -0.39 is 0 Å². The van der Waals surface area contributed by atoms with Gasteiger partial charge in [-0.2, -0.15) is 0 Å². The second-order valence-electron chi connectivity index (χ2n) is 8.84. The van der Waals surface area contributed by atoms with E-state index in [-0.39, 0.29) is 42.1 Å². The molecule has 2 aliphatic heterocycles. The van der Waals surface area contributed by atoms with Gasteiger partial charge in [0.2, 0.25) is 17.7 Å². The van der Waals surface area contributed by atoms with Gasteiger partial charge in [-0.25, -0.2) is 0 Å². The lowest BCUT2D eigenvalue weighted by Gasteiger charge is -2.44. The summed E-state index contributed by atoms with van der Waals surface area (Å²) in [7, 11) is 1.59. The molecular formula is C23H31N3O4. The molecule has 0 bridgehead atoms. The monoisotopic (exact) mass is 413 g/mol. The Kier molecular flexibility index (Phi) is 5.97. The summed E-state index contributed by atoms with van der Waals surface area (Å²) in [4.78, 5) is 39.1. The minimum Gasteiger partial charge on any atom is -0.497 e. The molecule has 5 unspecified atom stereocenters. The van der Waals surface area contributed by atoms with E-state index in [9.17, 15) is 14.4 Å². The van der Waals surface area contributed by atoms with Crippen molar-refractivity contribution in [2.24, 2.45) is 17.8 Å². The van der Waals surface area contributed by atoms with Gasteiger partial charge in [-0.3, -0.25) is 14.4 Å². The standard InChI is InChI=1S/C23H31N3O4/c1-3-14-9-21(27)25-20-11-16(7-8-19(14)20)24-23(29)15-10-22(28)26(13-15)17-5-4-6-18(12-17)30-2/h4-6,12,14-16,19-20H,3,7-11,13H2,1-2H3,(H,24,29)(H,25,27). The van der Waals surface area contributed by atoms with Gasteiger partial charge in [0.25, 0.3) is 0 Å². The third-order valence-electron chi connectivity index (χ3n) is 7.03. The smallest absolute Gasteiger partial charge is 0.227 e. The van der Waals surface area contributed by atoms with Crippen molar-refractivity contribution < 1.29 is 19.1 Å². The van der Waals surface area contributed by atoms with Crippen LogP contribution in [0.2, 0.25) is 0 Å². The Balaban J connectivity index is 1.35. The highest BCUT2D eigenvalue weighted by Gasteiger charge is 2.41. The first-order valence-corrected chi connectivity index (χ1v) is 11.0. The molecule has 1 aromatic carbocycles. The van der Waals surface area contributed by atoms with E-state index in [1.165, 1.54) is 0 Å². The molecule has 30 heavy (non-hydrogen) atoms. The average molecular weight is 414 g/mol. The van der Waals surface area contributed by atoms with E-state index in [0.717, 1.165) is 31.4 Å². The summed E-state index contributed by atoms with van der Waals surface area (Å²) in [6.07, 6.45) is 4.59. The van der Waals surface area contributed by atoms with Gasteiger partial charge in [0.05, 0.1) is 13.0 Å². The van der Waals surface area contributed by atoms with Crippen LogP contribution in [0.15, 0.2) is 24.3 Å². The first kappa shape index (κ1) is 20.7. The summed E-state index contributed by atoms with van der Waals surface area (Å²) in [5.41, 5.74) is 0.755. The molecule has 2 saturated heterocycles. The number of nitrogens with one attached hydrogen (secondary N) is 2. The number of piperidine rings is 1. The minimum atomic E-state index is -0.356. The van der Waals surface area contributed by atoms with Gasteiger partial charge in [-0.1, -0.05) is 19.4 Å². The van der Waals surface area contributed by atoms with E-state index >= 15 is 0 Å². The fourth-order valence-electron chi connectivity index (χ4n) is 5.39. The molecule has 1 aromatic rings. The molecule has 7 heteroatoms. The molecular weight excluding hydrogens is 382 g/mol. The maximum Gasteiger partial charge on any atom is 0.227 e. The number of rotatable bonds is 5. The highest BCUT2D eigenvalue weighted by Crippen LogP contribution is 2.37. The molecule has 2 heterocycles. The fraction of sp³-hybridized carbons (Fsp3) is 0.609. The first-order chi connectivity index (χ1) is 14.5. The third kappa shape index (κ3) is 4.16. The first-order valence-electron chi connectivity index (χ1n) is 11.0. The van der Waals surface area contributed by atoms with Crippen LogP contribution in [0.5, 0.6) is 5.75 Å². The van der Waals surface area contributed by atoms with Gasteiger partial charge in [-0.15, -0.1) is 0 Å². The highest BCUT2D eigenvalue weighted by molar-refractivity contribution is 6.00. The minimum absolute atomic E-state index is 0.0440. The van der Waals surface area contributed by atoms with Crippen LogP contribution in [0, 0.1) is 17.8 Å². The molecule has 4 rings (SSSR count). The molecule has 1 saturated carbocycles. The van der Waals surface area contributed by atoms with Crippen LogP contribution >= 0.6 is 0 Å². The SMILES string of the molecule is CCC1CC(=O)NC2CC(NC(=O)C3CC(=O)N(c4cccc(OC)c4)C3)CCC12. The Hall–Kier alpha value is -2.57. The van der Waals surface area contributed by atoms with E-state index in [2.05, 4.69) is 17.6 Å². The summed E-state index contributed by atoms with van der Waals surface area (Å²) in [6, 6.07) is 7.55. The van der Waals surface area contributed by atoms with Crippen molar-refractivity contribution in [3.63, 3.8) is 0 Å². The van der Waals surface area contributed by atoms with Crippen LogP contribution in [-0.4, -0.2) is 43.5 Å². The van der Waals surface area contributed by atoms with E-state index in [1.807, 2.05) is 24.3 Å². The summed E-state index contributed by atoms with van der Waals surface area (Å²) >= 11 is 0. The van der Waals surface area contributed by atoms with Gasteiger partial charge >= 0.3 is 0 Å². The van der Waals surface area contributed by atoms with Gasteiger partial charge in [0, 0.05) is 43.2 Å². The van der Waals surface area contributed by atoms with Crippen LogP contribution in [0.25, 0.3) is 0 Å². The zero-order chi connectivity index (χ0) is 21.3. The molecule has 5 atom stereocenters. The summed E-state index contributed by atoms with van der Waals surface area (Å²) in [5, 5.41) is 6.30. The number of ether oxygens (including phenoxy) is 1. The Labute approximate surface area is 177 Å². The van der Waals surface area contributed by atoms with Gasteiger partial charge < -0.3 is 20.3 Å². The number of hydrogen-bond donors (Lipinski definition) is 2. The molecule has 3 aliphatic rings. The second kappa shape index (κ2) is 8.66. The van der Waals surface area contributed by atoms with E-state index in [4.69, 9.17) is 4.74 Å². The van der Waals surface area contributed by atoms with Crippen LogP contribution in [0.1, 0.15) is 45.4 Å². The van der Waals surface area contributed by atoms with Crippen molar-refractivity contribution in [1.82, 2.24) is 10.6 Å². The lowest BCUT2D eigenvalue weighted by atomic mass is 9.70. The molecule has 162 valence electrons. The van der Waals surface area contributed by atoms with E-state index in [1.54, 1.807) is 12.0 Å². The number of carbonyl (C=O) groups excluding carboxylic acids is 3. The topological polar surface area (TPSA) is 87.7 Å². The Morgan fingerprint density at radius 2 is 2.10 bits per heavy atom. The number of nitrogens with zero attached hydrogens (tertiary/aromatic N) is 1. The number of methoxy groups -OCH3 is 1. The van der Waals surface area contributed by atoms with Crippen LogP contribution < -0.4 is 20.3 Å². The van der Waals surface area contributed by atoms with Crippen LogP contribution in [0.3, 0.4) is 0 Å². The zero-order valence-corrected chi connectivity index (χ0v) is 17.7. The van der Waals surface area contributed by atoms with Crippen molar-refractivity contribution in [2.45, 2.75) is 57.5 Å². The number of benzene rings is 1. The van der Waals surface area contributed by atoms with Crippen molar-refractivity contribution in [3.8, 4) is 5.75 Å². The normalized spacial score (nSPS) is 31.1. The molecule has 0 radical (unpaired) electrons. The fourth-order valence-corrected chi connectivity index (χ4v) is 5.39. The summed E-state index contributed by atoms with van der Waals surface area (Å²) < 4.78 is 5.24. The molecule has 2 N–H and O–H groups in total. The third-order valence-corrected chi connectivity index (χ3v) is 7.03. The average Bonchev–Trinajstić information content (AvgIpc) is 3.14. The Morgan fingerprint density at radius 3 is 2.87 bits per heavy atom. The lowest BCUT2D eigenvalue weighted by Crippen LogP contribution is -2.55. The van der Waals surface area contributed by atoms with Crippen LogP contribution in [0.4, 0.5) is 5.69 Å². The highest BCUT2D eigenvalue weighted by atomic mass is 16.5. The van der Waals surface area contributed by atoms with Gasteiger partial charge in [0.15, 0.2) is 0 Å². The molecule has 3 fully saturated rings. The maximum atomic E-state index is 12.9. The van der Waals surface area contributed by atoms with Crippen LogP contribution in [-0.2, 0) is 14.4 Å². The molecule has 7 nitrogen and oxygen atoms in total. The summed E-state index contributed by atoms with van der Waals surface area (Å²) in [6.45, 7) is 2.53. The second-order valence-corrected chi connectivity index (χ2v) is 8.84. The largest absolute Gasteiger partial charge is 0.497 e. The van der Waals surface area contributed by atoms with Crippen molar-refractivity contribution in [3.05, 3.63) is 24.3 Å². The summed E-state index contributed by atoms with van der Waals surface area (Å²) in [5.74, 6) is 1.31. The Bertz CT molecular complexity index is 826. The van der Waals surface area contributed by atoms with Gasteiger partial charge in [0.1, 0.15) is 5.75 Å². The van der Waals surface area contributed by atoms with Gasteiger partial charge in [-0.05, 0) is 43.2 Å². The zero-order valence-electron chi connectivity index (χ0n) is 17.7. The predicted octanol–water partition coefficient (Wildman–Crippen LogP) is 2.25.